The fraction of sp³-hybridized carbons (Fsp3) is 0.857. The van der Waals surface area contributed by atoms with E-state index in [0.717, 1.165) is 12.3 Å². The maximum Gasteiger partial charge on any atom is 0.0628 e. The summed E-state index contributed by atoms with van der Waals surface area (Å²) in [7, 11) is 0. The van der Waals surface area contributed by atoms with E-state index in [9.17, 15) is 0 Å². The molecule has 1 aliphatic rings. The Bertz CT molecular complexity index is 134. The van der Waals surface area contributed by atoms with Crippen molar-refractivity contribution in [3.63, 3.8) is 0 Å². The molecule has 1 fully saturated rings. The van der Waals surface area contributed by atoms with Crippen LogP contribution in [0.15, 0.2) is 4.99 Å². The van der Waals surface area contributed by atoms with Crippen molar-refractivity contribution in [1.82, 2.24) is 0 Å². The lowest BCUT2D eigenvalue weighted by atomic mass is 10.1. The van der Waals surface area contributed by atoms with Gasteiger partial charge in [0.25, 0.3) is 0 Å². The van der Waals surface area contributed by atoms with Crippen LogP contribution in [0, 0.1) is 5.92 Å². The summed E-state index contributed by atoms with van der Waals surface area (Å²) in [5.41, 5.74) is 0. The van der Waals surface area contributed by atoms with Crippen LogP contribution in [-0.2, 0) is 0 Å². The number of hydrogen-bond acceptors (Lipinski definition) is 2. The lowest BCUT2D eigenvalue weighted by molar-refractivity contribution is 0.583. The van der Waals surface area contributed by atoms with Crippen molar-refractivity contribution in [2.24, 2.45) is 10.9 Å². The summed E-state index contributed by atoms with van der Waals surface area (Å²) in [5, 5.41) is 2.45. The number of nitrogens with zero attached hydrogens (tertiary/aromatic N) is 1. The molecule has 0 radical (unpaired) electrons. The van der Waals surface area contributed by atoms with Gasteiger partial charge in [-0.15, -0.1) is 0 Å². The molecule has 0 bridgehead atoms. The molecule has 0 saturated heterocycles. The van der Waals surface area contributed by atoms with Crippen LogP contribution in [0.3, 0.4) is 0 Å². The Kier molecular flexibility index (Phi) is 2.38. The van der Waals surface area contributed by atoms with E-state index in [0.29, 0.717) is 6.04 Å². The molecule has 0 spiro atoms. The van der Waals surface area contributed by atoms with E-state index < -0.39 is 0 Å². The monoisotopic (exact) mass is 141 g/mol. The topological polar surface area (TPSA) is 12.4 Å². The van der Waals surface area contributed by atoms with Crippen LogP contribution in [-0.4, -0.2) is 11.2 Å². The molecule has 0 heterocycles. The van der Waals surface area contributed by atoms with Crippen molar-refractivity contribution < 1.29 is 0 Å². The molecule has 1 nitrogen and oxygen atoms in total. The summed E-state index contributed by atoms with van der Waals surface area (Å²) in [4.78, 5) is 4.07. The molecule has 0 aromatic rings. The lowest BCUT2D eigenvalue weighted by Crippen LogP contribution is -2.03. The third-order valence-electron chi connectivity index (χ3n) is 1.80. The molecule has 50 valence electrons. The van der Waals surface area contributed by atoms with Crippen LogP contribution >= 0.6 is 12.2 Å². The molecule has 1 rings (SSSR count). The van der Waals surface area contributed by atoms with Crippen LogP contribution in [0.2, 0.25) is 0 Å². The van der Waals surface area contributed by atoms with E-state index >= 15 is 0 Å². The quantitative estimate of drug-likeness (QED) is 0.434. The molecule has 0 N–H and O–H groups in total. The first-order valence-corrected chi connectivity index (χ1v) is 3.86. The summed E-state index contributed by atoms with van der Waals surface area (Å²) in [6.07, 6.45) is 3.81. The number of hydrogen-bond donors (Lipinski definition) is 0. The van der Waals surface area contributed by atoms with Crippen LogP contribution < -0.4 is 0 Å². The summed E-state index contributed by atoms with van der Waals surface area (Å²) in [5.74, 6) is 0.838. The van der Waals surface area contributed by atoms with Crippen LogP contribution in [0.4, 0.5) is 0 Å². The smallest absolute Gasteiger partial charge is 0.0628 e. The van der Waals surface area contributed by atoms with Crippen LogP contribution in [0.25, 0.3) is 0 Å². The molecule has 2 heteroatoms. The van der Waals surface area contributed by atoms with Crippen molar-refractivity contribution in [1.29, 1.82) is 0 Å². The van der Waals surface area contributed by atoms with Gasteiger partial charge in [-0.25, -0.2) is 4.99 Å². The second-order valence-electron chi connectivity index (χ2n) is 2.53. The standard InChI is InChI=1S/C7H11NS/c1-2-7(8-5-9)6-3-4-6/h6-7H,2-4H2,1H3. The highest BCUT2D eigenvalue weighted by atomic mass is 32.1. The maximum absolute atomic E-state index is 4.52. The van der Waals surface area contributed by atoms with Gasteiger partial charge in [0.2, 0.25) is 0 Å². The highest BCUT2D eigenvalue weighted by Gasteiger charge is 2.29. The molecular formula is C7H11NS. The van der Waals surface area contributed by atoms with E-state index in [2.05, 4.69) is 29.3 Å². The van der Waals surface area contributed by atoms with Crippen LogP contribution in [0.5, 0.6) is 0 Å². The normalized spacial score (nSPS) is 20.6. The van der Waals surface area contributed by atoms with Gasteiger partial charge in [-0.3, -0.25) is 0 Å². The average molecular weight is 141 g/mol. The molecule has 0 aliphatic heterocycles. The predicted molar refractivity (Wildman–Crippen MR) is 41.8 cm³/mol. The summed E-state index contributed by atoms with van der Waals surface area (Å²) < 4.78 is 0. The summed E-state index contributed by atoms with van der Waals surface area (Å²) >= 11 is 4.52. The van der Waals surface area contributed by atoms with E-state index in [1.807, 2.05) is 0 Å². The van der Waals surface area contributed by atoms with E-state index in [4.69, 9.17) is 0 Å². The zero-order chi connectivity index (χ0) is 6.69. The largest absolute Gasteiger partial charge is 0.229 e. The van der Waals surface area contributed by atoms with Gasteiger partial charge < -0.3 is 0 Å². The van der Waals surface area contributed by atoms with Gasteiger partial charge in [-0.2, -0.15) is 0 Å². The fourth-order valence-electron chi connectivity index (χ4n) is 1.08. The summed E-state index contributed by atoms with van der Waals surface area (Å²) in [6.45, 7) is 2.15. The summed E-state index contributed by atoms with van der Waals surface area (Å²) in [6, 6.07) is 0.488. The van der Waals surface area contributed by atoms with Crippen molar-refractivity contribution in [3.8, 4) is 0 Å². The van der Waals surface area contributed by atoms with Gasteiger partial charge in [-0.05, 0) is 37.4 Å². The Morgan fingerprint density at radius 2 is 2.44 bits per heavy atom. The molecular weight excluding hydrogens is 130 g/mol. The molecule has 0 amide bonds. The second kappa shape index (κ2) is 3.09. The van der Waals surface area contributed by atoms with Gasteiger partial charge in [-0.1, -0.05) is 6.92 Å². The highest BCUT2D eigenvalue weighted by molar-refractivity contribution is 7.78. The Labute approximate surface area is 61.2 Å². The minimum Gasteiger partial charge on any atom is -0.229 e. The molecule has 0 aromatic heterocycles. The third-order valence-corrected chi connectivity index (χ3v) is 1.91. The Hall–Kier alpha value is -0.200. The first-order valence-electron chi connectivity index (χ1n) is 3.45. The van der Waals surface area contributed by atoms with Crippen molar-refractivity contribution in [3.05, 3.63) is 0 Å². The van der Waals surface area contributed by atoms with Crippen molar-refractivity contribution in [2.75, 3.05) is 0 Å². The van der Waals surface area contributed by atoms with Crippen molar-refractivity contribution >= 4 is 17.4 Å². The SMILES string of the molecule is CCC(N=C=S)C1CC1. The third kappa shape index (κ3) is 1.88. The zero-order valence-electron chi connectivity index (χ0n) is 5.63. The van der Waals surface area contributed by atoms with Crippen molar-refractivity contribution in [2.45, 2.75) is 32.2 Å². The van der Waals surface area contributed by atoms with Gasteiger partial charge in [0.15, 0.2) is 0 Å². The Morgan fingerprint density at radius 1 is 1.78 bits per heavy atom. The molecule has 1 unspecified atom stereocenters. The minimum absolute atomic E-state index is 0.488. The number of thiocarbonyl (C=S) groups is 1. The second-order valence-corrected chi connectivity index (χ2v) is 2.72. The number of rotatable bonds is 3. The first-order chi connectivity index (χ1) is 4.38. The number of isothiocyanates is 1. The molecule has 1 saturated carbocycles. The van der Waals surface area contributed by atoms with Gasteiger partial charge in [0.1, 0.15) is 0 Å². The molecule has 9 heavy (non-hydrogen) atoms. The lowest BCUT2D eigenvalue weighted by Gasteiger charge is -2.02. The first kappa shape index (κ1) is 6.91. The zero-order valence-corrected chi connectivity index (χ0v) is 6.45. The number of aliphatic imine (C=N–C) groups is 1. The molecule has 1 atom stereocenters. The van der Waals surface area contributed by atoms with Gasteiger partial charge in [0.05, 0.1) is 11.2 Å². The van der Waals surface area contributed by atoms with E-state index in [1.54, 1.807) is 0 Å². The van der Waals surface area contributed by atoms with E-state index in [-0.39, 0.29) is 0 Å². The highest BCUT2D eigenvalue weighted by Crippen LogP contribution is 2.35. The van der Waals surface area contributed by atoms with Gasteiger partial charge in [0, 0.05) is 0 Å². The molecule has 1 aliphatic carbocycles. The fourth-order valence-corrected chi connectivity index (χ4v) is 1.21. The average Bonchev–Trinajstić information content (AvgIpc) is 2.64. The Morgan fingerprint density at radius 3 is 2.78 bits per heavy atom. The van der Waals surface area contributed by atoms with Gasteiger partial charge >= 0.3 is 0 Å². The maximum atomic E-state index is 4.52. The minimum atomic E-state index is 0.488. The molecule has 0 aromatic carbocycles. The van der Waals surface area contributed by atoms with E-state index in [1.165, 1.54) is 12.8 Å². The predicted octanol–water partition coefficient (Wildman–Crippen LogP) is 2.28. The Balaban J connectivity index is 2.37. The van der Waals surface area contributed by atoms with Crippen LogP contribution in [0.1, 0.15) is 26.2 Å².